The van der Waals surface area contributed by atoms with E-state index in [-0.39, 0.29) is 17.4 Å². The highest BCUT2D eigenvalue weighted by molar-refractivity contribution is 6.03. The van der Waals surface area contributed by atoms with E-state index in [1.165, 1.54) is 24.3 Å². The van der Waals surface area contributed by atoms with Crippen LogP contribution in [0.25, 0.3) is 0 Å². The molecule has 2 atom stereocenters. The number of carboxylic acids is 1. The lowest BCUT2D eigenvalue weighted by Gasteiger charge is -2.55. The van der Waals surface area contributed by atoms with Crippen LogP contribution in [0, 0.1) is 11.3 Å². The minimum absolute atomic E-state index is 0.0449. The fraction of sp³-hybridized carbons (Fsp3) is 0.348. The molecule has 2 aromatic carbocycles. The average Bonchev–Trinajstić information content (AvgIpc) is 2.73. The van der Waals surface area contributed by atoms with Gasteiger partial charge in [-0.1, -0.05) is 51.1 Å². The molecule has 7 heteroatoms. The fourth-order valence-corrected chi connectivity index (χ4v) is 3.89. The summed E-state index contributed by atoms with van der Waals surface area (Å²) in [5.41, 5.74) is 0.233. The first-order valence-electron chi connectivity index (χ1n) is 9.96. The zero-order valence-electron chi connectivity index (χ0n) is 17.3. The number of likely N-dealkylation sites (tertiary alicyclic amines) is 1. The van der Waals surface area contributed by atoms with E-state index >= 15 is 0 Å². The van der Waals surface area contributed by atoms with Gasteiger partial charge in [-0.25, -0.2) is 14.5 Å². The number of carbonyl (C=O) groups excluding carboxylic acids is 2. The molecule has 0 unspecified atom stereocenters. The first kappa shape index (κ1) is 21.4. The summed E-state index contributed by atoms with van der Waals surface area (Å²) in [6.07, 6.45) is -0.259. The number of hydrogen-bond donors (Lipinski definition) is 2. The van der Waals surface area contributed by atoms with Crippen LogP contribution in [0.1, 0.15) is 43.1 Å². The van der Waals surface area contributed by atoms with Gasteiger partial charge in [0, 0.05) is 6.54 Å². The highest BCUT2D eigenvalue weighted by atomic mass is 16.5. The Hall–Kier alpha value is -3.35. The number of rotatable bonds is 7. The molecule has 158 valence electrons. The lowest BCUT2D eigenvalue weighted by atomic mass is 9.66. The van der Waals surface area contributed by atoms with Crippen LogP contribution in [0.4, 0.5) is 4.79 Å². The second-order valence-electron chi connectivity index (χ2n) is 7.67. The van der Waals surface area contributed by atoms with Gasteiger partial charge in [0.1, 0.15) is 11.2 Å². The van der Waals surface area contributed by atoms with E-state index < -0.39 is 23.6 Å². The van der Waals surface area contributed by atoms with Crippen LogP contribution < -0.4 is 10.1 Å². The standard InChI is InChI=1S/C23H26N2O5/c1-4-23(15(2)3)20(28)25(22(29)24-14-16-8-6-5-7-9-16)21(23)30-18-12-10-17(11-13-18)19(26)27/h5-13,15,21H,4,14H2,1-3H3,(H,24,29)(H,26,27)/t21-,23+/m0/s1. The summed E-state index contributed by atoms with van der Waals surface area (Å²) < 4.78 is 6.06. The Kier molecular flexibility index (Phi) is 6.10. The monoisotopic (exact) mass is 410 g/mol. The molecule has 1 aliphatic rings. The van der Waals surface area contributed by atoms with Gasteiger partial charge in [-0.2, -0.15) is 0 Å². The predicted molar refractivity (Wildman–Crippen MR) is 111 cm³/mol. The lowest BCUT2D eigenvalue weighted by molar-refractivity contribution is -0.198. The number of amides is 3. The number of urea groups is 1. The Morgan fingerprint density at radius 1 is 1.13 bits per heavy atom. The molecule has 30 heavy (non-hydrogen) atoms. The van der Waals surface area contributed by atoms with Crippen molar-refractivity contribution in [2.75, 3.05) is 0 Å². The first-order chi connectivity index (χ1) is 14.3. The molecule has 1 saturated heterocycles. The number of β-lactam (4-membered cyclic amide) rings is 1. The van der Waals surface area contributed by atoms with E-state index in [1.807, 2.05) is 51.1 Å². The van der Waals surface area contributed by atoms with Crippen molar-refractivity contribution in [2.24, 2.45) is 11.3 Å². The Labute approximate surface area is 175 Å². The molecule has 0 bridgehead atoms. The zero-order valence-corrected chi connectivity index (χ0v) is 17.3. The molecular formula is C23H26N2O5. The molecule has 1 heterocycles. The Bertz CT molecular complexity index is 926. The van der Waals surface area contributed by atoms with Gasteiger partial charge in [0.05, 0.1) is 5.56 Å². The molecule has 0 radical (unpaired) electrons. The Morgan fingerprint density at radius 3 is 2.30 bits per heavy atom. The van der Waals surface area contributed by atoms with Gasteiger partial charge in [0.25, 0.3) is 0 Å². The van der Waals surface area contributed by atoms with E-state index in [4.69, 9.17) is 9.84 Å². The van der Waals surface area contributed by atoms with E-state index in [0.717, 1.165) is 10.5 Å². The number of nitrogens with zero attached hydrogens (tertiary/aromatic N) is 1. The zero-order chi connectivity index (χ0) is 21.9. The van der Waals surface area contributed by atoms with Gasteiger partial charge in [-0.3, -0.25) is 4.79 Å². The van der Waals surface area contributed by atoms with Gasteiger partial charge in [-0.05, 0) is 42.2 Å². The van der Waals surface area contributed by atoms with E-state index in [0.29, 0.717) is 18.7 Å². The third-order valence-corrected chi connectivity index (χ3v) is 5.76. The number of carbonyl (C=O) groups is 3. The van der Waals surface area contributed by atoms with Crippen LogP contribution in [-0.4, -0.2) is 34.1 Å². The molecule has 0 aromatic heterocycles. The van der Waals surface area contributed by atoms with E-state index in [1.54, 1.807) is 0 Å². The molecule has 2 N–H and O–H groups in total. The Balaban J connectivity index is 1.81. The normalized spacial score (nSPS) is 20.6. The van der Waals surface area contributed by atoms with Gasteiger partial charge in [0.15, 0.2) is 6.23 Å². The third kappa shape index (κ3) is 3.75. The third-order valence-electron chi connectivity index (χ3n) is 5.76. The maximum Gasteiger partial charge on any atom is 0.335 e. The van der Waals surface area contributed by atoms with Crippen molar-refractivity contribution in [2.45, 2.75) is 40.0 Å². The summed E-state index contributed by atoms with van der Waals surface area (Å²) in [7, 11) is 0. The van der Waals surface area contributed by atoms with Gasteiger partial charge in [0.2, 0.25) is 5.91 Å². The number of imide groups is 1. The Morgan fingerprint density at radius 2 is 1.77 bits per heavy atom. The maximum atomic E-state index is 13.1. The molecule has 1 aliphatic heterocycles. The second-order valence-corrected chi connectivity index (χ2v) is 7.67. The molecule has 3 rings (SSSR count). The lowest BCUT2D eigenvalue weighted by Crippen LogP contribution is -2.75. The summed E-state index contributed by atoms with van der Waals surface area (Å²) in [4.78, 5) is 38.1. The summed E-state index contributed by atoms with van der Waals surface area (Å²) >= 11 is 0. The molecule has 7 nitrogen and oxygen atoms in total. The van der Waals surface area contributed by atoms with Gasteiger partial charge >= 0.3 is 12.0 Å². The van der Waals surface area contributed by atoms with Crippen molar-refractivity contribution in [3.8, 4) is 5.75 Å². The highest BCUT2D eigenvalue weighted by Crippen LogP contribution is 2.48. The van der Waals surface area contributed by atoms with E-state index in [9.17, 15) is 14.4 Å². The van der Waals surface area contributed by atoms with Crippen LogP contribution in [0.15, 0.2) is 54.6 Å². The summed E-state index contributed by atoms with van der Waals surface area (Å²) in [6.45, 7) is 6.07. The number of carboxylic acid groups (broad SMARTS) is 1. The number of ether oxygens (including phenoxy) is 1. The minimum Gasteiger partial charge on any atom is -0.478 e. The number of benzene rings is 2. The average molecular weight is 410 g/mol. The van der Waals surface area contributed by atoms with Crippen molar-refractivity contribution in [3.63, 3.8) is 0 Å². The van der Waals surface area contributed by atoms with Crippen LogP contribution in [0.5, 0.6) is 5.75 Å². The number of aromatic carboxylic acids is 1. The van der Waals surface area contributed by atoms with Crippen molar-refractivity contribution < 1.29 is 24.2 Å². The summed E-state index contributed by atoms with van der Waals surface area (Å²) in [5, 5.41) is 11.8. The van der Waals surface area contributed by atoms with Crippen molar-refractivity contribution in [1.82, 2.24) is 10.2 Å². The first-order valence-corrected chi connectivity index (χ1v) is 9.96. The highest BCUT2D eigenvalue weighted by Gasteiger charge is 2.65. The van der Waals surface area contributed by atoms with E-state index in [2.05, 4.69) is 5.32 Å². The molecule has 1 fully saturated rings. The molecule has 2 aromatic rings. The van der Waals surface area contributed by atoms with Crippen molar-refractivity contribution >= 4 is 17.9 Å². The number of hydrogen-bond acceptors (Lipinski definition) is 4. The SMILES string of the molecule is CC[C@@]1(C(C)C)C(=O)N(C(=O)NCc2ccccc2)[C@H]1Oc1ccc(C(=O)O)cc1. The largest absolute Gasteiger partial charge is 0.478 e. The van der Waals surface area contributed by atoms with Gasteiger partial charge in [-0.15, -0.1) is 0 Å². The van der Waals surface area contributed by atoms with Crippen molar-refractivity contribution in [1.29, 1.82) is 0 Å². The van der Waals surface area contributed by atoms with Crippen LogP contribution in [0.2, 0.25) is 0 Å². The number of nitrogens with one attached hydrogen (secondary N) is 1. The van der Waals surface area contributed by atoms with Crippen LogP contribution >= 0.6 is 0 Å². The molecule has 3 amide bonds. The van der Waals surface area contributed by atoms with Crippen LogP contribution in [-0.2, 0) is 11.3 Å². The molecule has 0 aliphatic carbocycles. The minimum atomic E-state index is -1.03. The van der Waals surface area contributed by atoms with Gasteiger partial charge < -0.3 is 15.2 Å². The fourth-order valence-electron chi connectivity index (χ4n) is 3.89. The molecule has 0 spiro atoms. The summed E-state index contributed by atoms with van der Waals surface area (Å²) in [5.74, 6) is -0.946. The quantitative estimate of drug-likeness (QED) is 0.675. The van der Waals surface area contributed by atoms with Crippen molar-refractivity contribution in [3.05, 3.63) is 65.7 Å². The summed E-state index contributed by atoms with van der Waals surface area (Å²) in [6, 6.07) is 14.8. The van der Waals surface area contributed by atoms with Crippen LogP contribution in [0.3, 0.4) is 0 Å². The second kappa shape index (κ2) is 8.57. The molecule has 0 saturated carbocycles. The maximum absolute atomic E-state index is 13.1. The molecular weight excluding hydrogens is 384 g/mol. The topological polar surface area (TPSA) is 95.9 Å². The predicted octanol–water partition coefficient (Wildman–Crippen LogP) is 3.89. The smallest absolute Gasteiger partial charge is 0.335 e.